The van der Waals surface area contributed by atoms with E-state index < -0.39 is 0 Å². The van der Waals surface area contributed by atoms with Crippen LogP contribution in [-0.4, -0.2) is 10.9 Å². The first-order valence-corrected chi connectivity index (χ1v) is 8.91. The Morgan fingerprint density at radius 3 is 2.62 bits per heavy atom. The van der Waals surface area contributed by atoms with Gasteiger partial charge in [0.25, 0.3) is 0 Å². The molecule has 0 spiro atoms. The highest BCUT2D eigenvalue weighted by Crippen LogP contribution is 2.31. The van der Waals surface area contributed by atoms with Crippen LogP contribution < -0.4 is 5.32 Å². The van der Waals surface area contributed by atoms with E-state index in [-0.39, 0.29) is 12.3 Å². The second kappa shape index (κ2) is 7.34. The monoisotopic (exact) mass is 376 g/mol. The van der Waals surface area contributed by atoms with Gasteiger partial charge >= 0.3 is 0 Å². The summed E-state index contributed by atoms with van der Waals surface area (Å²) in [7, 11) is 0. The van der Waals surface area contributed by atoms with Crippen LogP contribution in [0.15, 0.2) is 47.8 Å². The van der Waals surface area contributed by atoms with Gasteiger partial charge in [-0.05, 0) is 37.3 Å². The lowest BCUT2D eigenvalue weighted by molar-refractivity contribution is -0.115. The summed E-state index contributed by atoms with van der Waals surface area (Å²) in [6.07, 6.45) is 0.226. The third-order valence-corrected chi connectivity index (χ3v) is 4.80. The Kier molecular flexibility index (Phi) is 5.19. The predicted molar refractivity (Wildman–Crippen MR) is 101 cm³/mol. The van der Waals surface area contributed by atoms with Crippen LogP contribution in [0, 0.1) is 6.92 Å². The second-order valence-electron chi connectivity index (χ2n) is 5.34. The number of benzene rings is 2. The molecule has 0 saturated carbocycles. The molecule has 0 atom stereocenters. The molecule has 6 heteroatoms. The number of hydrogen-bond acceptors (Lipinski definition) is 3. The lowest BCUT2D eigenvalue weighted by Gasteiger charge is -2.04. The predicted octanol–water partition coefficient (Wildman–Crippen LogP) is 5.61. The zero-order chi connectivity index (χ0) is 17.1. The maximum absolute atomic E-state index is 12.1. The van der Waals surface area contributed by atoms with Crippen molar-refractivity contribution < 1.29 is 4.79 Å². The molecule has 24 heavy (non-hydrogen) atoms. The summed E-state index contributed by atoms with van der Waals surface area (Å²) in [5, 5.41) is 6.62. The molecule has 3 aromatic rings. The maximum Gasteiger partial charge on any atom is 0.231 e. The first-order valence-electron chi connectivity index (χ1n) is 7.27. The van der Waals surface area contributed by atoms with Gasteiger partial charge < -0.3 is 5.32 Å². The lowest BCUT2D eigenvalue weighted by atomic mass is 10.2. The van der Waals surface area contributed by atoms with Gasteiger partial charge in [0, 0.05) is 21.7 Å². The summed E-state index contributed by atoms with van der Waals surface area (Å²) in [5.41, 5.74) is 3.49. The van der Waals surface area contributed by atoms with Crippen molar-refractivity contribution in [2.45, 2.75) is 13.3 Å². The Bertz CT molecular complexity index is 875. The first-order chi connectivity index (χ1) is 11.5. The number of hydrogen-bond donors (Lipinski definition) is 1. The fourth-order valence-electron chi connectivity index (χ4n) is 2.19. The van der Waals surface area contributed by atoms with Crippen LogP contribution in [0.4, 0.5) is 5.69 Å². The minimum Gasteiger partial charge on any atom is -0.326 e. The molecule has 0 saturated heterocycles. The molecule has 122 valence electrons. The van der Waals surface area contributed by atoms with Gasteiger partial charge in [0.2, 0.25) is 5.91 Å². The average molecular weight is 377 g/mol. The standard InChI is InChI=1S/C18H14Cl2N2OS/c1-11-2-5-13(6-3-11)21-17(23)9-18-22-16(10-24-18)14-7-4-12(19)8-15(14)20/h2-8,10H,9H2,1H3,(H,21,23). The minimum atomic E-state index is -0.0954. The van der Waals surface area contributed by atoms with Crippen molar-refractivity contribution in [1.29, 1.82) is 0 Å². The smallest absolute Gasteiger partial charge is 0.231 e. The highest BCUT2D eigenvalue weighted by molar-refractivity contribution is 7.10. The molecule has 0 unspecified atom stereocenters. The van der Waals surface area contributed by atoms with Crippen LogP contribution in [0.25, 0.3) is 11.3 Å². The van der Waals surface area contributed by atoms with Crippen LogP contribution in [0.5, 0.6) is 0 Å². The van der Waals surface area contributed by atoms with Crippen LogP contribution >= 0.6 is 34.5 Å². The van der Waals surface area contributed by atoms with Crippen molar-refractivity contribution in [3.05, 3.63) is 68.5 Å². The number of aromatic nitrogens is 1. The lowest BCUT2D eigenvalue weighted by Crippen LogP contribution is -2.14. The van der Waals surface area contributed by atoms with E-state index in [1.165, 1.54) is 11.3 Å². The zero-order valence-electron chi connectivity index (χ0n) is 12.8. The van der Waals surface area contributed by atoms with E-state index in [0.29, 0.717) is 10.0 Å². The number of carbonyl (C=O) groups is 1. The molecule has 1 heterocycles. The summed E-state index contributed by atoms with van der Waals surface area (Å²) >= 11 is 13.5. The van der Waals surface area contributed by atoms with E-state index in [0.717, 1.165) is 27.5 Å². The molecule has 0 fully saturated rings. The minimum absolute atomic E-state index is 0.0954. The van der Waals surface area contributed by atoms with Crippen molar-refractivity contribution in [1.82, 2.24) is 4.98 Å². The molecule has 0 bridgehead atoms. The van der Waals surface area contributed by atoms with Crippen molar-refractivity contribution in [3.8, 4) is 11.3 Å². The molecule has 3 nitrogen and oxygen atoms in total. The summed E-state index contributed by atoms with van der Waals surface area (Å²) in [5.74, 6) is -0.0954. The number of nitrogens with zero attached hydrogens (tertiary/aromatic N) is 1. The molecule has 0 aliphatic rings. The number of nitrogens with one attached hydrogen (secondary N) is 1. The quantitative estimate of drug-likeness (QED) is 0.642. The molecule has 1 aromatic heterocycles. The maximum atomic E-state index is 12.1. The number of carbonyl (C=O) groups excluding carboxylic acids is 1. The van der Waals surface area contributed by atoms with E-state index in [2.05, 4.69) is 10.3 Å². The molecule has 0 radical (unpaired) electrons. The molecule has 0 aliphatic heterocycles. The molecule has 3 rings (SSSR count). The van der Waals surface area contributed by atoms with E-state index in [1.54, 1.807) is 12.1 Å². The Balaban J connectivity index is 1.69. The van der Waals surface area contributed by atoms with Crippen molar-refractivity contribution in [2.75, 3.05) is 5.32 Å². The van der Waals surface area contributed by atoms with E-state index in [9.17, 15) is 4.79 Å². The Morgan fingerprint density at radius 1 is 1.17 bits per heavy atom. The van der Waals surface area contributed by atoms with Crippen molar-refractivity contribution in [3.63, 3.8) is 0 Å². The van der Waals surface area contributed by atoms with Crippen LogP contribution in [0.1, 0.15) is 10.6 Å². The molecule has 2 aromatic carbocycles. The Labute approximate surface area is 154 Å². The van der Waals surface area contributed by atoms with Gasteiger partial charge in [-0.2, -0.15) is 0 Å². The molecule has 0 aliphatic carbocycles. The number of amides is 1. The number of halogens is 2. The number of aryl methyl sites for hydroxylation is 1. The number of anilines is 1. The zero-order valence-corrected chi connectivity index (χ0v) is 15.2. The van der Waals surface area contributed by atoms with Gasteiger partial charge in [-0.25, -0.2) is 4.98 Å². The highest BCUT2D eigenvalue weighted by atomic mass is 35.5. The van der Waals surface area contributed by atoms with E-state index >= 15 is 0 Å². The number of thiazole rings is 1. The summed E-state index contributed by atoms with van der Waals surface area (Å²) in [6, 6.07) is 13.0. The largest absolute Gasteiger partial charge is 0.326 e. The normalized spacial score (nSPS) is 10.6. The summed E-state index contributed by atoms with van der Waals surface area (Å²) in [4.78, 5) is 16.6. The molecular weight excluding hydrogens is 363 g/mol. The van der Waals surface area contributed by atoms with Crippen molar-refractivity contribution in [2.24, 2.45) is 0 Å². The summed E-state index contributed by atoms with van der Waals surface area (Å²) in [6.45, 7) is 2.00. The van der Waals surface area contributed by atoms with Crippen LogP contribution in [-0.2, 0) is 11.2 Å². The van der Waals surface area contributed by atoms with Crippen molar-refractivity contribution >= 4 is 46.1 Å². The topological polar surface area (TPSA) is 42.0 Å². The fourth-order valence-corrected chi connectivity index (χ4v) is 3.49. The number of rotatable bonds is 4. The van der Waals surface area contributed by atoms with Crippen LogP contribution in [0.3, 0.4) is 0 Å². The van der Waals surface area contributed by atoms with Gasteiger partial charge in [0.15, 0.2) is 0 Å². The molecule has 1 amide bonds. The average Bonchev–Trinajstić information content (AvgIpc) is 2.97. The first kappa shape index (κ1) is 17.0. The fraction of sp³-hybridized carbons (Fsp3) is 0.111. The van der Waals surface area contributed by atoms with E-state index in [4.69, 9.17) is 23.2 Å². The SMILES string of the molecule is Cc1ccc(NC(=O)Cc2nc(-c3ccc(Cl)cc3Cl)cs2)cc1. The Hall–Kier alpha value is -1.88. The second-order valence-corrected chi connectivity index (χ2v) is 7.13. The van der Waals surface area contributed by atoms with Gasteiger partial charge in [0.1, 0.15) is 5.01 Å². The Morgan fingerprint density at radius 2 is 1.92 bits per heavy atom. The van der Waals surface area contributed by atoms with Crippen LogP contribution in [0.2, 0.25) is 10.0 Å². The molecule has 1 N–H and O–H groups in total. The third kappa shape index (κ3) is 4.15. The van der Waals surface area contributed by atoms with E-state index in [1.807, 2.05) is 42.6 Å². The summed E-state index contributed by atoms with van der Waals surface area (Å²) < 4.78 is 0. The van der Waals surface area contributed by atoms with Gasteiger partial charge in [0.05, 0.1) is 17.1 Å². The van der Waals surface area contributed by atoms with Gasteiger partial charge in [-0.15, -0.1) is 11.3 Å². The highest BCUT2D eigenvalue weighted by Gasteiger charge is 2.12. The van der Waals surface area contributed by atoms with Gasteiger partial charge in [-0.1, -0.05) is 40.9 Å². The molecular formula is C18H14Cl2N2OS. The third-order valence-electron chi connectivity index (χ3n) is 3.41. The van der Waals surface area contributed by atoms with Gasteiger partial charge in [-0.3, -0.25) is 4.79 Å².